The predicted molar refractivity (Wildman–Crippen MR) is 77.4 cm³/mol. The van der Waals surface area contributed by atoms with Gasteiger partial charge in [-0.3, -0.25) is 0 Å². The molecule has 4 nitrogen and oxygen atoms in total. The van der Waals surface area contributed by atoms with E-state index in [9.17, 15) is 8.42 Å². The van der Waals surface area contributed by atoms with Crippen molar-refractivity contribution in [3.63, 3.8) is 0 Å². The fraction of sp³-hybridized carbons (Fsp3) is 0.571. The Morgan fingerprint density at radius 1 is 1.16 bits per heavy atom. The van der Waals surface area contributed by atoms with Crippen molar-refractivity contribution in [2.75, 3.05) is 5.32 Å². The fourth-order valence-corrected chi connectivity index (χ4v) is 3.43. The second kappa shape index (κ2) is 5.51. The van der Waals surface area contributed by atoms with Crippen molar-refractivity contribution < 1.29 is 8.42 Å². The summed E-state index contributed by atoms with van der Waals surface area (Å²) < 4.78 is 23.1. The Kier molecular flexibility index (Phi) is 4.16. The first kappa shape index (κ1) is 14.3. The summed E-state index contributed by atoms with van der Waals surface area (Å²) >= 11 is 0. The molecule has 1 aliphatic rings. The second-order valence-electron chi connectivity index (χ2n) is 5.65. The van der Waals surface area contributed by atoms with E-state index in [0.29, 0.717) is 17.6 Å². The minimum atomic E-state index is -3.67. The van der Waals surface area contributed by atoms with Gasteiger partial charge >= 0.3 is 0 Å². The van der Waals surface area contributed by atoms with Gasteiger partial charge in [-0.05, 0) is 43.2 Å². The molecular weight excluding hydrogens is 260 g/mol. The zero-order valence-corrected chi connectivity index (χ0v) is 12.3. The molecule has 0 spiro atoms. The van der Waals surface area contributed by atoms with Crippen LogP contribution in [-0.4, -0.2) is 14.5 Å². The number of sulfonamides is 1. The van der Waals surface area contributed by atoms with Gasteiger partial charge in [-0.25, -0.2) is 13.6 Å². The van der Waals surface area contributed by atoms with E-state index in [1.807, 2.05) is 6.07 Å². The van der Waals surface area contributed by atoms with E-state index in [0.717, 1.165) is 18.8 Å². The topological polar surface area (TPSA) is 72.2 Å². The van der Waals surface area contributed by atoms with Crippen molar-refractivity contribution in [2.45, 2.75) is 44.0 Å². The van der Waals surface area contributed by atoms with E-state index < -0.39 is 10.0 Å². The highest BCUT2D eigenvalue weighted by atomic mass is 32.2. The van der Waals surface area contributed by atoms with Gasteiger partial charge in [-0.15, -0.1) is 0 Å². The molecule has 0 saturated heterocycles. The van der Waals surface area contributed by atoms with E-state index in [2.05, 4.69) is 19.2 Å². The van der Waals surface area contributed by atoms with Crippen LogP contribution < -0.4 is 10.5 Å². The summed E-state index contributed by atoms with van der Waals surface area (Å²) in [6.45, 7) is 4.53. The fourth-order valence-electron chi connectivity index (χ4n) is 2.73. The van der Waals surface area contributed by atoms with Gasteiger partial charge in [0.25, 0.3) is 0 Å². The van der Waals surface area contributed by atoms with Gasteiger partial charge in [0.1, 0.15) is 4.90 Å². The lowest BCUT2D eigenvalue weighted by Crippen LogP contribution is -2.31. The van der Waals surface area contributed by atoms with Crippen LogP contribution in [0.4, 0.5) is 5.69 Å². The Balaban J connectivity index is 2.16. The first-order chi connectivity index (χ1) is 8.88. The van der Waals surface area contributed by atoms with E-state index in [-0.39, 0.29) is 4.90 Å². The molecule has 3 unspecified atom stereocenters. The lowest BCUT2D eigenvalue weighted by molar-refractivity contribution is 0.260. The Bertz CT molecular complexity index is 542. The number of nitrogens with one attached hydrogen (secondary N) is 1. The molecule has 1 aromatic rings. The number of benzene rings is 1. The van der Waals surface area contributed by atoms with Crippen molar-refractivity contribution in [1.29, 1.82) is 0 Å². The molecule has 0 aliphatic heterocycles. The molecule has 0 aromatic heterocycles. The monoisotopic (exact) mass is 282 g/mol. The average molecular weight is 282 g/mol. The summed E-state index contributed by atoms with van der Waals surface area (Å²) in [5.74, 6) is 1.40. The van der Waals surface area contributed by atoms with Crippen molar-refractivity contribution in [2.24, 2.45) is 17.0 Å². The van der Waals surface area contributed by atoms with Gasteiger partial charge in [0.05, 0.1) is 5.69 Å². The van der Waals surface area contributed by atoms with Gasteiger partial charge in [0, 0.05) is 6.04 Å². The first-order valence-electron chi connectivity index (χ1n) is 6.76. The van der Waals surface area contributed by atoms with E-state index >= 15 is 0 Å². The molecule has 5 heteroatoms. The van der Waals surface area contributed by atoms with Crippen molar-refractivity contribution >= 4 is 15.7 Å². The van der Waals surface area contributed by atoms with Gasteiger partial charge in [-0.1, -0.05) is 26.0 Å². The van der Waals surface area contributed by atoms with Crippen molar-refractivity contribution in [3.05, 3.63) is 24.3 Å². The highest BCUT2D eigenvalue weighted by Gasteiger charge is 2.25. The quantitative estimate of drug-likeness (QED) is 0.895. The Hall–Kier alpha value is -1.07. The average Bonchev–Trinajstić information content (AvgIpc) is 2.33. The van der Waals surface area contributed by atoms with Crippen LogP contribution in [0.3, 0.4) is 0 Å². The number of para-hydroxylation sites is 1. The summed E-state index contributed by atoms with van der Waals surface area (Å²) in [4.78, 5) is 0.182. The van der Waals surface area contributed by atoms with E-state index in [1.165, 1.54) is 6.42 Å². The lowest BCUT2D eigenvalue weighted by Gasteiger charge is -2.33. The molecule has 19 heavy (non-hydrogen) atoms. The van der Waals surface area contributed by atoms with Crippen LogP contribution in [0.2, 0.25) is 0 Å². The molecule has 3 N–H and O–H groups in total. The zero-order valence-electron chi connectivity index (χ0n) is 11.5. The van der Waals surface area contributed by atoms with Crippen LogP contribution in [0.15, 0.2) is 29.2 Å². The molecule has 1 aliphatic carbocycles. The standard InChI is InChI=1S/C14H22N2O2S/c1-10-7-8-12(9-11(10)2)16-13-5-3-4-6-14(13)19(15,17)18/h3-6,10-12,16H,7-9H2,1-2H3,(H2,15,17,18). The second-order valence-corrected chi connectivity index (χ2v) is 7.18. The molecule has 0 amide bonds. The highest BCUT2D eigenvalue weighted by Crippen LogP contribution is 2.32. The summed E-state index contributed by atoms with van der Waals surface area (Å²) in [6.07, 6.45) is 3.32. The summed E-state index contributed by atoms with van der Waals surface area (Å²) in [5, 5.41) is 8.59. The third-order valence-corrected chi connectivity index (χ3v) is 5.12. The molecule has 2 rings (SSSR count). The predicted octanol–water partition coefficient (Wildman–Crippen LogP) is 2.57. The molecule has 0 bridgehead atoms. The largest absolute Gasteiger partial charge is 0.381 e. The third kappa shape index (κ3) is 3.48. The number of hydrogen-bond donors (Lipinski definition) is 2. The molecule has 0 heterocycles. The molecule has 1 aromatic carbocycles. The van der Waals surface area contributed by atoms with Crippen LogP contribution in [0, 0.1) is 11.8 Å². The van der Waals surface area contributed by atoms with Gasteiger partial charge in [0.15, 0.2) is 0 Å². The van der Waals surface area contributed by atoms with Crippen LogP contribution in [0.5, 0.6) is 0 Å². The molecular formula is C14H22N2O2S. The van der Waals surface area contributed by atoms with Gasteiger partial charge in [-0.2, -0.15) is 0 Å². The van der Waals surface area contributed by atoms with E-state index in [4.69, 9.17) is 5.14 Å². The molecule has 106 valence electrons. The normalized spacial score (nSPS) is 28.1. The van der Waals surface area contributed by atoms with E-state index in [1.54, 1.807) is 18.2 Å². The number of hydrogen-bond acceptors (Lipinski definition) is 3. The summed E-state index contributed by atoms with van der Waals surface area (Å²) in [6, 6.07) is 7.17. The van der Waals surface area contributed by atoms with Gasteiger partial charge in [0.2, 0.25) is 10.0 Å². The minimum Gasteiger partial charge on any atom is -0.381 e. The molecule has 3 atom stereocenters. The zero-order chi connectivity index (χ0) is 14.0. The summed E-state index contributed by atoms with van der Waals surface area (Å²) in [7, 11) is -3.67. The van der Waals surface area contributed by atoms with Crippen LogP contribution in [-0.2, 0) is 10.0 Å². The molecule has 1 fully saturated rings. The Morgan fingerprint density at radius 2 is 1.84 bits per heavy atom. The molecule has 0 radical (unpaired) electrons. The smallest absolute Gasteiger partial charge is 0.240 e. The third-order valence-electron chi connectivity index (χ3n) is 4.15. The van der Waals surface area contributed by atoms with Gasteiger partial charge < -0.3 is 5.32 Å². The lowest BCUT2D eigenvalue weighted by atomic mass is 9.79. The molecule has 1 saturated carbocycles. The van der Waals surface area contributed by atoms with Crippen LogP contribution in [0.25, 0.3) is 0 Å². The Labute approximate surface area is 115 Å². The highest BCUT2D eigenvalue weighted by molar-refractivity contribution is 7.89. The number of rotatable bonds is 3. The minimum absolute atomic E-state index is 0.182. The number of anilines is 1. The first-order valence-corrected chi connectivity index (χ1v) is 8.31. The number of primary sulfonamides is 1. The van der Waals surface area contributed by atoms with Crippen molar-refractivity contribution in [3.8, 4) is 0 Å². The maximum atomic E-state index is 11.5. The number of nitrogens with two attached hydrogens (primary N) is 1. The Morgan fingerprint density at radius 3 is 2.47 bits per heavy atom. The van der Waals surface area contributed by atoms with Crippen molar-refractivity contribution in [1.82, 2.24) is 0 Å². The summed E-state index contributed by atoms with van der Waals surface area (Å²) in [5.41, 5.74) is 0.622. The van der Waals surface area contributed by atoms with Crippen LogP contribution in [0.1, 0.15) is 33.1 Å². The van der Waals surface area contributed by atoms with Crippen LogP contribution >= 0.6 is 0 Å². The maximum absolute atomic E-state index is 11.5. The maximum Gasteiger partial charge on any atom is 0.240 e. The SMILES string of the molecule is CC1CCC(Nc2ccccc2S(N)(=O)=O)CC1C.